The van der Waals surface area contributed by atoms with E-state index < -0.39 is 0 Å². The van der Waals surface area contributed by atoms with Gasteiger partial charge in [-0.25, -0.2) is 0 Å². The summed E-state index contributed by atoms with van der Waals surface area (Å²) in [5, 5.41) is 0. The minimum absolute atomic E-state index is 0.0945. The van der Waals surface area contributed by atoms with Gasteiger partial charge in [-0.2, -0.15) is 0 Å². The number of carbonyl (C=O) groups is 1. The first-order chi connectivity index (χ1) is 6.52. The normalized spacial score (nSPS) is 27.1. The predicted octanol–water partition coefficient (Wildman–Crippen LogP) is 2.85. The van der Waals surface area contributed by atoms with E-state index in [9.17, 15) is 4.79 Å². The van der Waals surface area contributed by atoms with Crippen LogP contribution in [0.25, 0.3) is 0 Å². The quantitative estimate of drug-likeness (QED) is 0.499. The van der Waals surface area contributed by atoms with Gasteiger partial charge in [-0.3, -0.25) is 4.79 Å². The van der Waals surface area contributed by atoms with Crippen molar-refractivity contribution in [3.05, 3.63) is 24.3 Å². The molecule has 1 aliphatic rings. The third kappa shape index (κ3) is 2.47. The maximum absolute atomic E-state index is 10.8. The summed E-state index contributed by atoms with van der Waals surface area (Å²) in [6.07, 6.45) is 2.98. The summed E-state index contributed by atoms with van der Waals surface area (Å²) in [6, 6.07) is 0. The maximum Gasteiger partial charge on any atom is 0.303 e. The molecule has 0 aromatic carbocycles. The minimum Gasteiger partial charge on any atom is -0.458 e. The van der Waals surface area contributed by atoms with Gasteiger partial charge in [0.25, 0.3) is 0 Å². The summed E-state index contributed by atoms with van der Waals surface area (Å²) in [5.41, 5.74) is 2.13. The smallest absolute Gasteiger partial charge is 0.303 e. The Hall–Kier alpha value is -1.05. The van der Waals surface area contributed by atoms with E-state index in [-0.39, 0.29) is 12.1 Å². The predicted molar refractivity (Wildman–Crippen MR) is 56.8 cm³/mol. The van der Waals surface area contributed by atoms with Crippen LogP contribution in [0.15, 0.2) is 24.3 Å². The number of carbonyl (C=O) groups excluding carboxylic acids is 1. The fraction of sp³-hybridized carbons (Fsp3) is 0.583. The van der Waals surface area contributed by atoms with Gasteiger partial charge in [0.15, 0.2) is 0 Å². The van der Waals surface area contributed by atoms with Crippen LogP contribution in [0, 0.1) is 5.92 Å². The Labute approximate surface area is 85.6 Å². The Bertz CT molecular complexity index is 265. The summed E-state index contributed by atoms with van der Waals surface area (Å²) in [7, 11) is 0. The zero-order valence-electron chi connectivity index (χ0n) is 9.01. The van der Waals surface area contributed by atoms with E-state index in [4.69, 9.17) is 4.74 Å². The number of allylic oxidation sites excluding steroid dienone is 1. The summed E-state index contributed by atoms with van der Waals surface area (Å²) in [5.74, 6) is 0.103. The molecule has 1 aliphatic carbocycles. The molecule has 14 heavy (non-hydrogen) atoms. The van der Waals surface area contributed by atoms with E-state index in [1.807, 2.05) is 6.92 Å². The molecule has 1 fully saturated rings. The molecule has 0 aliphatic heterocycles. The number of hydrogen-bond acceptors (Lipinski definition) is 2. The van der Waals surface area contributed by atoms with Crippen molar-refractivity contribution in [2.75, 3.05) is 0 Å². The summed E-state index contributed by atoms with van der Waals surface area (Å²) in [6.45, 7) is 11.4. The molecule has 0 spiro atoms. The second-order valence-electron chi connectivity index (χ2n) is 4.00. The summed E-state index contributed by atoms with van der Waals surface area (Å²) < 4.78 is 5.20. The van der Waals surface area contributed by atoms with Gasteiger partial charge in [0.05, 0.1) is 0 Å². The van der Waals surface area contributed by atoms with Gasteiger partial charge < -0.3 is 4.74 Å². The lowest BCUT2D eigenvalue weighted by atomic mass is 9.79. The Morgan fingerprint density at radius 3 is 2.57 bits per heavy atom. The van der Waals surface area contributed by atoms with Gasteiger partial charge in [0.2, 0.25) is 0 Å². The first kappa shape index (κ1) is 11.0. The lowest BCUT2D eigenvalue weighted by Crippen LogP contribution is -2.27. The van der Waals surface area contributed by atoms with Gasteiger partial charge in [0, 0.05) is 12.8 Å². The van der Waals surface area contributed by atoms with Crippen molar-refractivity contribution >= 4 is 5.97 Å². The van der Waals surface area contributed by atoms with Crippen LogP contribution in [0.1, 0.15) is 33.1 Å². The standard InChI is InChI=1S/C12H18O2/c1-8(2)11-6-5-7-12(9(11)3)14-10(4)13/h11-12H,1,3,5-7H2,2,4H3/t11-,12+/m0/s1. The van der Waals surface area contributed by atoms with Crippen LogP contribution in [-0.4, -0.2) is 12.1 Å². The Kier molecular flexibility index (Phi) is 3.50. The van der Waals surface area contributed by atoms with Crippen molar-refractivity contribution in [3.8, 4) is 0 Å². The highest BCUT2D eigenvalue weighted by Gasteiger charge is 2.28. The second kappa shape index (κ2) is 4.45. The first-order valence-corrected chi connectivity index (χ1v) is 5.03. The van der Waals surface area contributed by atoms with E-state index in [0.717, 1.165) is 30.4 Å². The first-order valence-electron chi connectivity index (χ1n) is 5.03. The van der Waals surface area contributed by atoms with E-state index in [1.165, 1.54) is 6.92 Å². The van der Waals surface area contributed by atoms with E-state index >= 15 is 0 Å². The van der Waals surface area contributed by atoms with Gasteiger partial charge in [-0.15, -0.1) is 0 Å². The average Bonchev–Trinajstić information content (AvgIpc) is 2.07. The number of hydrogen-bond donors (Lipinski definition) is 0. The van der Waals surface area contributed by atoms with E-state index in [0.29, 0.717) is 5.92 Å². The molecule has 0 heterocycles. The monoisotopic (exact) mass is 194 g/mol. The third-order valence-electron chi connectivity index (χ3n) is 2.72. The maximum atomic E-state index is 10.8. The molecular weight excluding hydrogens is 176 g/mol. The zero-order valence-corrected chi connectivity index (χ0v) is 9.01. The van der Waals surface area contributed by atoms with Gasteiger partial charge >= 0.3 is 5.97 Å². The molecule has 0 aromatic rings. The van der Waals surface area contributed by atoms with Crippen molar-refractivity contribution in [3.63, 3.8) is 0 Å². The van der Waals surface area contributed by atoms with E-state index in [1.54, 1.807) is 0 Å². The molecule has 1 saturated carbocycles. The van der Waals surface area contributed by atoms with Gasteiger partial charge in [-0.1, -0.05) is 18.7 Å². The molecule has 0 bridgehead atoms. The van der Waals surface area contributed by atoms with Crippen LogP contribution in [-0.2, 0) is 9.53 Å². The number of esters is 1. The molecule has 2 atom stereocenters. The molecule has 0 saturated heterocycles. The molecule has 1 rings (SSSR count). The Morgan fingerprint density at radius 1 is 1.43 bits per heavy atom. The van der Waals surface area contributed by atoms with Crippen molar-refractivity contribution in [2.45, 2.75) is 39.2 Å². The van der Waals surface area contributed by atoms with Crippen LogP contribution in [0.5, 0.6) is 0 Å². The van der Waals surface area contributed by atoms with Gasteiger partial charge in [-0.05, 0) is 31.8 Å². The number of rotatable bonds is 2. The zero-order chi connectivity index (χ0) is 10.7. The van der Waals surface area contributed by atoms with Crippen molar-refractivity contribution in [2.24, 2.45) is 5.92 Å². The number of ether oxygens (including phenoxy) is 1. The molecule has 2 nitrogen and oxygen atoms in total. The summed E-state index contributed by atoms with van der Waals surface area (Å²) in [4.78, 5) is 10.8. The molecule has 0 unspecified atom stereocenters. The SMILES string of the molecule is C=C(C)[C@@H]1CCC[C@@H](OC(C)=O)C1=C. The lowest BCUT2D eigenvalue weighted by Gasteiger charge is -2.31. The lowest BCUT2D eigenvalue weighted by molar-refractivity contribution is -0.145. The second-order valence-corrected chi connectivity index (χ2v) is 4.00. The highest BCUT2D eigenvalue weighted by molar-refractivity contribution is 5.66. The molecule has 78 valence electrons. The largest absolute Gasteiger partial charge is 0.458 e. The fourth-order valence-electron chi connectivity index (χ4n) is 2.00. The average molecular weight is 194 g/mol. The van der Waals surface area contributed by atoms with Crippen molar-refractivity contribution in [1.82, 2.24) is 0 Å². The Balaban J connectivity index is 2.66. The molecule has 0 aromatic heterocycles. The van der Waals surface area contributed by atoms with Crippen LogP contribution >= 0.6 is 0 Å². The van der Waals surface area contributed by atoms with Crippen LogP contribution in [0.4, 0.5) is 0 Å². The molecule has 2 heteroatoms. The molecular formula is C12H18O2. The summed E-state index contributed by atoms with van der Waals surface area (Å²) >= 11 is 0. The van der Waals surface area contributed by atoms with Crippen LogP contribution < -0.4 is 0 Å². The molecule has 0 radical (unpaired) electrons. The van der Waals surface area contributed by atoms with E-state index in [2.05, 4.69) is 13.2 Å². The van der Waals surface area contributed by atoms with Crippen molar-refractivity contribution in [1.29, 1.82) is 0 Å². The third-order valence-corrected chi connectivity index (χ3v) is 2.72. The Morgan fingerprint density at radius 2 is 2.07 bits per heavy atom. The van der Waals surface area contributed by atoms with Crippen LogP contribution in [0.3, 0.4) is 0 Å². The minimum atomic E-state index is -0.224. The van der Waals surface area contributed by atoms with Crippen molar-refractivity contribution < 1.29 is 9.53 Å². The molecule has 0 amide bonds. The molecule has 0 N–H and O–H groups in total. The van der Waals surface area contributed by atoms with Gasteiger partial charge in [0.1, 0.15) is 6.10 Å². The highest BCUT2D eigenvalue weighted by Crippen LogP contribution is 2.34. The topological polar surface area (TPSA) is 26.3 Å². The van der Waals surface area contributed by atoms with Crippen LogP contribution in [0.2, 0.25) is 0 Å². The highest BCUT2D eigenvalue weighted by atomic mass is 16.5. The fourth-order valence-corrected chi connectivity index (χ4v) is 2.00.